The summed E-state index contributed by atoms with van der Waals surface area (Å²) in [7, 11) is 0. The third-order valence-electron chi connectivity index (χ3n) is 0.667. The molecule has 0 N–H and O–H groups in total. The van der Waals surface area contributed by atoms with Crippen molar-refractivity contribution in [3.8, 4) is 0 Å². The summed E-state index contributed by atoms with van der Waals surface area (Å²) < 4.78 is 0. The third-order valence-corrected chi connectivity index (χ3v) is 0.667. The molecule has 2 heteroatoms. The first-order valence-electron chi connectivity index (χ1n) is 2.00. The molecule has 0 aliphatic rings. The van der Waals surface area contributed by atoms with Gasteiger partial charge < -0.3 is 0 Å². The van der Waals surface area contributed by atoms with Gasteiger partial charge >= 0.3 is 0 Å². The SMILES string of the molecule is S.[Na].c1ccccc1. The molecule has 0 aliphatic heterocycles. The van der Waals surface area contributed by atoms with Gasteiger partial charge in [-0.1, -0.05) is 36.4 Å². The Morgan fingerprint density at radius 2 is 0.625 bits per heavy atom. The predicted octanol–water partition coefficient (Wildman–Crippen LogP) is 1.42. The molecule has 1 rings (SSSR count). The second-order valence-corrected chi connectivity index (χ2v) is 1.15. The molecule has 39 valence electrons. The van der Waals surface area contributed by atoms with Crippen LogP contribution in [-0.2, 0) is 0 Å². The summed E-state index contributed by atoms with van der Waals surface area (Å²) >= 11 is 0. The van der Waals surface area contributed by atoms with Gasteiger partial charge in [0.1, 0.15) is 0 Å². The average molecular weight is 135 g/mol. The van der Waals surface area contributed by atoms with E-state index in [1.54, 1.807) is 0 Å². The van der Waals surface area contributed by atoms with Gasteiger partial charge in [0.25, 0.3) is 0 Å². The Balaban J connectivity index is 0. The summed E-state index contributed by atoms with van der Waals surface area (Å²) in [6.45, 7) is 0. The van der Waals surface area contributed by atoms with E-state index in [0.717, 1.165) is 0 Å². The van der Waals surface area contributed by atoms with Crippen LogP contribution in [0.25, 0.3) is 0 Å². The van der Waals surface area contributed by atoms with Crippen molar-refractivity contribution in [1.82, 2.24) is 0 Å². The van der Waals surface area contributed by atoms with Crippen molar-refractivity contribution >= 4 is 43.1 Å². The van der Waals surface area contributed by atoms with Crippen LogP contribution in [0.1, 0.15) is 0 Å². The maximum absolute atomic E-state index is 2.00. The van der Waals surface area contributed by atoms with Crippen LogP contribution >= 0.6 is 13.5 Å². The van der Waals surface area contributed by atoms with Crippen molar-refractivity contribution in [3.63, 3.8) is 0 Å². The molecule has 0 aromatic heterocycles. The second kappa shape index (κ2) is 7.57. The molecule has 0 fully saturated rings. The molecule has 1 radical (unpaired) electrons. The zero-order chi connectivity index (χ0) is 4.24. The van der Waals surface area contributed by atoms with E-state index in [0.29, 0.717) is 0 Å². The molecule has 0 saturated heterocycles. The molecule has 8 heavy (non-hydrogen) atoms. The minimum absolute atomic E-state index is 0. The topological polar surface area (TPSA) is 0 Å². The molecule has 0 bridgehead atoms. The number of hydrogen-bond donors (Lipinski definition) is 0. The van der Waals surface area contributed by atoms with Crippen LogP contribution in [0.4, 0.5) is 0 Å². The van der Waals surface area contributed by atoms with E-state index < -0.39 is 0 Å². The van der Waals surface area contributed by atoms with E-state index in [2.05, 4.69) is 0 Å². The summed E-state index contributed by atoms with van der Waals surface area (Å²) in [4.78, 5) is 0. The van der Waals surface area contributed by atoms with Crippen LogP contribution in [0.15, 0.2) is 36.4 Å². The first-order chi connectivity index (χ1) is 3.00. The summed E-state index contributed by atoms with van der Waals surface area (Å²) in [5, 5.41) is 0. The van der Waals surface area contributed by atoms with Gasteiger partial charge in [0.05, 0.1) is 0 Å². The Morgan fingerprint density at radius 3 is 0.750 bits per heavy atom. The molecule has 0 atom stereocenters. The van der Waals surface area contributed by atoms with Crippen LogP contribution in [0.2, 0.25) is 0 Å². The quantitative estimate of drug-likeness (QED) is 0.472. The van der Waals surface area contributed by atoms with Crippen molar-refractivity contribution in [2.75, 3.05) is 0 Å². The van der Waals surface area contributed by atoms with Crippen LogP contribution in [0.5, 0.6) is 0 Å². The normalized spacial score (nSPS) is 6.00. The fourth-order valence-corrected chi connectivity index (χ4v) is 0.385. The molecular weight excluding hydrogens is 127 g/mol. The smallest absolute Gasteiger partial charge is 0 e. The number of rotatable bonds is 0. The summed E-state index contributed by atoms with van der Waals surface area (Å²) in [6, 6.07) is 12.0. The Labute approximate surface area is 79.0 Å². The monoisotopic (exact) mass is 135 g/mol. The minimum atomic E-state index is 0. The van der Waals surface area contributed by atoms with Gasteiger partial charge in [0.2, 0.25) is 0 Å². The minimum Gasteiger partial charge on any atom is -0.197 e. The first-order valence-corrected chi connectivity index (χ1v) is 2.00. The van der Waals surface area contributed by atoms with Crippen molar-refractivity contribution in [2.24, 2.45) is 0 Å². The molecule has 0 heterocycles. The maximum Gasteiger partial charge on any atom is 0 e. The fourth-order valence-electron chi connectivity index (χ4n) is 0.385. The zero-order valence-electron chi connectivity index (χ0n) is 4.96. The molecule has 0 nitrogen and oxygen atoms in total. The van der Waals surface area contributed by atoms with Crippen LogP contribution in [-0.4, -0.2) is 29.6 Å². The van der Waals surface area contributed by atoms with E-state index in [1.165, 1.54) is 0 Å². The van der Waals surface area contributed by atoms with Crippen molar-refractivity contribution in [1.29, 1.82) is 0 Å². The summed E-state index contributed by atoms with van der Waals surface area (Å²) in [6.07, 6.45) is 0. The van der Waals surface area contributed by atoms with E-state index >= 15 is 0 Å². The van der Waals surface area contributed by atoms with E-state index in [4.69, 9.17) is 0 Å². The van der Waals surface area contributed by atoms with Gasteiger partial charge in [-0.2, -0.15) is 13.5 Å². The van der Waals surface area contributed by atoms with Crippen LogP contribution < -0.4 is 0 Å². The standard InChI is InChI=1S/C6H6.Na.H2S/c1-2-4-6-5-3-1;;/h1-6H;;1H2. The van der Waals surface area contributed by atoms with Crippen LogP contribution in [0.3, 0.4) is 0 Å². The van der Waals surface area contributed by atoms with Gasteiger partial charge in [0.15, 0.2) is 0 Å². The Kier molecular flexibility index (Phi) is 10.8. The maximum atomic E-state index is 2.00. The summed E-state index contributed by atoms with van der Waals surface area (Å²) in [5.74, 6) is 0. The summed E-state index contributed by atoms with van der Waals surface area (Å²) in [5.41, 5.74) is 0. The van der Waals surface area contributed by atoms with E-state index in [1.807, 2.05) is 36.4 Å². The van der Waals surface area contributed by atoms with Gasteiger partial charge in [-0.3, -0.25) is 0 Å². The Hall–Kier alpha value is 0.570. The molecule has 0 spiro atoms. The van der Waals surface area contributed by atoms with Crippen molar-refractivity contribution < 1.29 is 0 Å². The second-order valence-electron chi connectivity index (χ2n) is 1.15. The van der Waals surface area contributed by atoms with Gasteiger partial charge in [-0.15, -0.1) is 0 Å². The molecule has 1 aromatic rings. The largest absolute Gasteiger partial charge is 0.197 e. The van der Waals surface area contributed by atoms with Gasteiger partial charge in [-0.25, -0.2) is 0 Å². The molecular formula is C6H8NaS. The van der Waals surface area contributed by atoms with E-state index in [9.17, 15) is 0 Å². The van der Waals surface area contributed by atoms with Crippen LogP contribution in [0, 0.1) is 0 Å². The molecule has 0 saturated carbocycles. The molecule has 0 aliphatic carbocycles. The third kappa shape index (κ3) is 4.72. The van der Waals surface area contributed by atoms with Gasteiger partial charge in [0, 0.05) is 29.6 Å². The Morgan fingerprint density at radius 1 is 0.500 bits per heavy atom. The number of hydrogen-bond acceptors (Lipinski definition) is 0. The van der Waals surface area contributed by atoms with Crippen molar-refractivity contribution in [2.45, 2.75) is 0 Å². The first kappa shape index (κ1) is 11.4. The molecule has 0 unspecified atom stereocenters. The number of benzene rings is 1. The zero-order valence-corrected chi connectivity index (χ0v) is 7.96. The van der Waals surface area contributed by atoms with E-state index in [-0.39, 0.29) is 43.1 Å². The van der Waals surface area contributed by atoms with Crippen molar-refractivity contribution in [3.05, 3.63) is 36.4 Å². The Bertz CT molecular complexity index is 80.5. The molecule has 1 aromatic carbocycles. The average Bonchev–Trinajstić information content (AvgIpc) is 1.72. The molecule has 0 amide bonds. The van der Waals surface area contributed by atoms with Gasteiger partial charge in [-0.05, 0) is 0 Å². The fraction of sp³-hybridized carbons (Fsp3) is 0. The predicted molar refractivity (Wildman–Crippen MR) is 42.6 cm³/mol.